The van der Waals surface area contributed by atoms with Gasteiger partial charge in [-0.05, 0) is 24.6 Å². The predicted octanol–water partition coefficient (Wildman–Crippen LogP) is 2.92. The number of rotatable bonds is 7. The van der Waals surface area contributed by atoms with Crippen molar-refractivity contribution in [3.63, 3.8) is 0 Å². The molecule has 1 amide bonds. The SMILES string of the molecule is CCCCOc1ccccc1-c1cc2c(=O)n(CC(=O)N3CCSCC3)ccn2n1. The Labute approximate surface area is 179 Å². The van der Waals surface area contributed by atoms with Gasteiger partial charge in [-0.25, -0.2) is 4.52 Å². The fraction of sp³-hybridized carbons (Fsp3) is 0.409. The first kappa shape index (κ1) is 20.5. The van der Waals surface area contributed by atoms with Crippen LogP contribution in [-0.2, 0) is 11.3 Å². The van der Waals surface area contributed by atoms with E-state index in [-0.39, 0.29) is 18.0 Å². The first-order chi connectivity index (χ1) is 14.7. The molecule has 8 heteroatoms. The van der Waals surface area contributed by atoms with Crippen molar-refractivity contribution in [3.8, 4) is 17.0 Å². The van der Waals surface area contributed by atoms with E-state index in [9.17, 15) is 9.59 Å². The van der Waals surface area contributed by atoms with E-state index in [1.54, 1.807) is 23.0 Å². The molecule has 1 saturated heterocycles. The van der Waals surface area contributed by atoms with Crippen LogP contribution < -0.4 is 10.3 Å². The summed E-state index contributed by atoms with van der Waals surface area (Å²) in [6, 6.07) is 9.49. The summed E-state index contributed by atoms with van der Waals surface area (Å²) in [5, 5.41) is 4.57. The van der Waals surface area contributed by atoms with E-state index in [1.165, 1.54) is 4.57 Å². The number of benzene rings is 1. The largest absolute Gasteiger partial charge is 0.493 e. The van der Waals surface area contributed by atoms with E-state index in [2.05, 4.69) is 12.0 Å². The molecule has 1 aliphatic heterocycles. The minimum Gasteiger partial charge on any atom is -0.493 e. The number of thioether (sulfide) groups is 1. The molecule has 4 rings (SSSR count). The van der Waals surface area contributed by atoms with E-state index >= 15 is 0 Å². The maximum atomic E-state index is 13.0. The Balaban J connectivity index is 1.60. The second-order valence-electron chi connectivity index (χ2n) is 7.28. The summed E-state index contributed by atoms with van der Waals surface area (Å²) >= 11 is 1.85. The summed E-state index contributed by atoms with van der Waals surface area (Å²) in [7, 11) is 0. The van der Waals surface area contributed by atoms with Gasteiger partial charge in [0.2, 0.25) is 5.91 Å². The van der Waals surface area contributed by atoms with Crippen molar-refractivity contribution in [2.45, 2.75) is 26.3 Å². The molecule has 1 aliphatic rings. The van der Waals surface area contributed by atoms with Gasteiger partial charge in [-0.15, -0.1) is 0 Å². The van der Waals surface area contributed by atoms with Crippen molar-refractivity contribution >= 4 is 23.2 Å². The Morgan fingerprint density at radius 2 is 2.00 bits per heavy atom. The molecule has 0 atom stereocenters. The van der Waals surface area contributed by atoms with Crippen LogP contribution in [0, 0.1) is 0 Å². The van der Waals surface area contributed by atoms with Crippen molar-refractivity contribution in [1.29, 1.82) is 0 Å². The number of amides is 1. The highest BCUT2D eigenvalue weighted by atomic mass is 32.2. The molecule has 1 aromatic carbocycles. The summed E-state index contributed by atoms with van der Waals surface area (Å²) < 4.78 is 8.95. The maximum absolute atomic E-state index is 13.0. The number of hydrogen-bond acceptors (Lipinski definition) is 5. The molecular weight excluding hydrogens is 400 g/mol. The standard InChI is InChI=1S/C22H26N4O3S/c1-2-3-12-29-20-7-5-4-6-17(20)18-15-19-22(28)25(8-9-26(19)23-18)16-21(27)24-10-13-30-14-11-24/h4-9,15H,2-3,10-14,16H2,1H3. The van der Waals surface area contributed by atoms with Gasteiger partial charge in [0.15, 0.2) is 0 Å². The number of nitrogens with zero attached hydrogens (tertiary/aromatic N) is 4. The zero-order valence-electron chi connectivity index (χ0n) is 17.1. The lowest BCUT2D eigenvalue weighted by molar-refractivity contribution is -0.131. The summed E-state index contributed by atoms with van der Waals surface area (Å²) in [5.41, 5.74) is 1.75. The van der Waals surface area contributed by atoms with Gasteiger partial charge in [0, 0.05) is 42.6 Å². The van der Waals surface area contributed by atoms with Gasteiger partial charge < -0.3 is 14.2 Å². The molecular formula is C22H26N4O3S. The van der Waals surface area contributed by atoms with Gasteiger partial charge in [0.25, 0.3) is 5.56 Å². The molecule has 3 heterocycles. The van der Waals surface area contributed by atoms with Gasteiger partial charge in [-0.3, -0.25) is 9.59 Å². The summed E-state index contributed by atoms with van der Waals surface area (Å²) in [4.78, 5) is 27.4. The van der Waals surface area contributed by atoms with Crippen LogP contribution in [0.1, 0.15) is 19.8 Å². The number of hydrogen-bond donors (Lipinski definition) is 0. The molecule has 30 heavy (non-hydrogen) atoms. The summed E-state index contributed by atoms with van der Waals surface area (Å²) in [5.74, 6) is 2.64. The highest BCUT2D eigenvalue weighted by Crippen LogP contribution is 2.29. The van der Waals surface area contributed by atoms with Crippen molar-refractivity contribution in [3.05, 3.63) is 53.1 Å². The molecule has 158 valence electrons. The number of aromatic nitrogens is 3. The Morgan fingerprint density at radius 1 is 1.20 bits per heavy atom. The van der Waals surface area contributed by atoms with E-state index in [0.717, 1.165) is 48.7 Å². The second kappa shape index (κ2) is 9.38. The van der Waals surface area contributed by atoms with Crippen LogP contribution in [0.15, 0.2) is 47.5 Å². The van der Waals surface area contributed by atoms with Crippen LogP contribution in [0.2, 0.25) is 0 Å². The third-order valence-corrected chi connectivity index (χ3v) is 6.13. The number of carbonyl (C=O) groups excluding carboxylic acids is 1. The van der Waals surface area contributed by atoms with Crippen molar-refractivity contribution in [2.24, 2.45) is 0 Å². The van der Waals surface area contributed by atoms with Gasteiger partial charge in [-0.1, -0.05) is 25.5 Å². The Kier molecular flexibility index (Phi) is 6.42. The van der Waals surface area contributed by atoms with Crippen LogP contribution in [0.5, 0.6) is 5.75 Å². The minimum atomic E-state index is -0.222. The smallest absolute Gasteiger partial charge is 0.277 e. The number of para-hydroxylation sites is 1. The van der Waals surface area contributed by atoms with Gasteiger partial charge in [0.1, 0.15) is 17.8 Å². The number of carbonyl (C=O) groups is 1. The molecule has 0 spiro atoms. The third kappa shape index (κ3) is 4.38. The zero-order valence-corrected chi connectivity index (χ0v) is 17.9. The number of ether oxygens (including phenoxy) is 1. The van der Waals surface area contributed by atoms with Crippen LogP contribution in [-0.4, -0.2) is 56.2 Å². The topological polar surface area (TPSA) is 68.8 Å². The lowest BCUT2D eigenvalue weighted by Crippen LogP contribution is -2.41. The van der Waals surface area contributed by atoms with Gasteiger partial charge >= 0.3 is 0 Å². The van der Waals surface area contributed by atoms with Crippen molar-refractivity contribution in [1.82, 2.24) is 19.1 Å². The van der Waals surface area contributed by atoms with Crippen LogP contribution >= 0.6 is 11.8 Å². The highest BCUT2D eigenvalue weighted by molar-refractivity contribution is 7.99. The monoisotopic (exact) mass is 426 g/mol. The average Bonchev–Trinajstić information content (AvgIpc) is 3.22. The first-order valence-electron chi connectivity index (χ1n) is 10.3. The zero-order chi connectivity index (χ0) is 20.9. The fourth-order valence-electron chi connectivity index (χ4n) is 3.47. The molecule has 0 radical (unpaired) electrons. The predicted molar refractivity (Wildman–Crippen MR) is 119 cm³/mol. The normalized spacial score (nSPS) is 14.2. The molecule has 1 fully saturated rings. The van der Waals surface area contributed by atoms with Crippen molar-refractivity contribution in [2.75, 3.05) is 31.2 Å². The first-order valence-corrected chi connectivity index (χ1v) is 11.5. The lowest BCUT2D eigenvalue weighted by Gasteiger charge is -2.26. The summed E-state index contributed by atoms with van der Waals surface area (Å²) in [6.07, 6.45) is 5.39. The lowest BCUT2D eigenvalue weighted by atomic mass is 10.1. The van der Waals surface area contributed by atoms with Gasteiger partial charge in [-0.2, -0.15) is 16.9 Å². The Hall–Kier alpha value is -2.74. The van der Waals surface area contributed by atoms with Crippen molar-refractivity contribution < 1.29 is 9.53 Å². The third-order valence-electron chi connectivity index (χ3n) is 5.19. The van der Waals surface area contributed by atoms with Crippen LogP contribution in [0.3, 0.4) is 0 Å². The number of unbranched alkanes of at least 4 members (excludes halogenated alkanes) is 1. The van der Waals surface area contributed by atoms with E-state index < -0.39 is 0 Å². The quantitative estimate of drug-likeness (QED) is 0.544. The molecule has 0 unspecified atom stereocenters. The average molecular weight is 427 g/mol. The van der Waals surface area contributed by atoms with E-state index in [4.69, 9.17) is 4.74 Å². The molecule has 2 aromatic heterocycles. The van der Waals surface area contributed by atoms with E-state index in [1.807, 2.05) is 40.9 Å². The molecule has 0 aliphatic carbocycles. The summed E-state index contributed by atoms with van der Waals surface area (Å²) in [6.45, 7) is 4.30. The Bertz CT molecular complexity index is 1090. The fourth-order valence-corrected chi connectivity index (χ4v) is 4.37. The van der Waals surface area contributed by atoms with Gasteiger partial charge in [0.05, 0.1) is 12.3 Å². The molecule has 0 saturated carbocycles. The second-order valence-corrected chi connectivity index (χ2v) is 8.51. The number of fused-ring (bicyclic) bond motifs is 1. The minimum absolute atomic E-state index is 0.0174. The van der Waals surface area contributed by atoms with Crippen LogP contribution in [0.25, 0.3) is 16.8 Å². The molecule has 7 nitrogen and oxygen atoms in total. The molecule has 0 N–H and O–H groups in total. The van der Waals surface area contributed by atoms with E-state index in [0.29, 0.717) is 17.8 Å². The maximum Gasteiger partial charge on any atom is 0.277 e. The highest BCUT2D eigenvalue weighted by Gasteiger charge is 2.19. The molecule has 0 bridgehead atoms. The van der Waals surface area contributed by atoms with Crippen LogP contribution in [0.4, 0.5) is 0 Å². The molecule has 3 aromatic rings. The Morgan fingerprint density at radius 3 is 2.80 bits per heavy atom.